The molecule has 1 aromatic heterocycles. The number of nitro benzene ring substituents is 1. The van der Waals surface area contributed by atoms with Gasteiger partial charge in [-0.2, -0.15) is 0 Å². The van der Waals surface area contributed by atoms with Crippen molar-refractivity contribution in [2.45, 2.75) is 13.0 Å². The van der Waals surface area contributed by atoms with Crippen LogP contribution in [0.1, 0.15) is 32.1 Å². The van der Waals surface area contributed by atoms with Crippen LogP contribution in [-0.4, -0.2) is 39.1 Å². The summed E-state index contributed by atoms with van der Waals surface area (Å²) in [5, 5.41) is 11.7. The molecule has 2 amide bonds. The predicted molar refractivity (Wildman–Crippen MR) is 102 cm³/mol. The number of thiazole rings is 1. The molecule has 0 atom stereocenters. The minimum absolute atomic E-state index is 0.00816. The molecule has 146 valence electrons. The first-order chi connectivity index (χ1) is 14.0. The third-order valence-corrected chi connectivity index (χ3v) is 5.42. The highest BCUT2D eigenvalue weighted by Crippen LogP contribution is 2.30. The summed E-state index contributed by atoms with van der Waals surface area (Å²) in [5.41, 5.74) is 0.107. The van der Waals surface area contributed by atoms with Crippen molar-refractivity contribution in [1.82, 2.24) is 9.88 Å². The molecule has 0 N–H and O–H groups in total. The molecule has 29 heavy (non-hydrogen) atoms. The fraction of sp³-hybridized carbons (Fsp3) is 0.158. The summed E-state index contributed by atoms with van der Waals surface area (Å²) in [6.07, 6.45) is -0.218. The van der Waals surface area contributed by atoms with Gasteiger partial charge in [0.1, 0.15) is 17.2 Å². The van der Waals surface area contributed by atoms with Crippen molar-refractivity contribution in [3.8, 4) is 0 Å². The van der Waals surface area contributed by atoms with Gasteiger partial charge >= 0.3 is 5.97 Å². The van der Waals surface area contributed by atoms with E-state index < -0.39 is 28.4 Å². The van der Waals surface area contributed by atoms with Crippen LogP contribution < -0.4 is 0 Å². The molecule has 0 fully saturated rings. The van der Waals surface area contributed by atoms with Crippen molar-refractivity contribution < 1.29 is 24.0 Å². The van der Waals surface area contributed by atoms with E-state index in [-0.39, 0.29) is 30.7 Å². The highest BCUT2D eigenvalue weighted by atomic mass is 32.1. The van der Waals surface area contributed by atoms with Gasteiger partial charge in [0.15, 0.2) is 0 Å². The summed E-state index contributed by atoms with van der Waals surface area (Å²) < 4.78 is 6.16. The second-order valence-electron chi connectivity index (χ2n) is 6.20. The summed E-state index contributed by atoms with van der Waals surface area (Å²) in [7, 11) is 0. The topological polar surface area (TPSA) is 120 Å². The lowest BCUT2D eigenvalue weighted by Crippen LogP contribution is -2.32. The van der Waals surface area contributed by atoms with Gasteiger partial charge in [-0.15, -0.1) is 11.3 Å². The van der Waals surface area contributed by atoms with E-state index in [1.54, 1.807) is 0 Å². The highest BCUT2D eigenvalue weighted by molar-refractivity contribution is 7.18. The SMILES string of the molecule is O=C(CCN1C(=O)c2cccc([N+](=O)[O-])c2C1=O)OCc1nc2ccccc2s1. The van der Waals surface area contributed by atoms with Crippen molar-refractivity contribution in [3.63, 3.8) is 0 Å². The zero-order valence-electron chi connectivity index (χ0n) is 14.9. The largest absolute Gasteiger partial charge is 0.458 e. The van der Waals surface area contributed by atoms with Gasteiger partial charge in [0.05, 0.1) is 27.1 Å². The Morgan fingerprint density at radius 1 is 1.14 bits per heavy atom. The fourth-order valence-corrected chi connectivity index (χ4v) is 3.95. The number of fused-ring (bicyclic) bond motifs is 2. The number of carbonyl (C=O) groups is 3. The van der Waals surface area contributed by atoms with Crippen molar-refractivity contribution in [1.29, 1.82) is 0 Å². The second kappa shape index (κ2) is 7.40. The number of rotatable bonds is 6. The third-order valence-electron chi connectivity index (χ3n) is 4.41. The van der Waals surface area contributed by atoms with E-state index in [4.69, 9.17) is 4.74 Å². The number of amides is 2. The van der Waals surface area contributed by atoms with Crippen LogP contribution >= 0.6 is 11.3 Å². The molecule has 1 aliphatic heterocycles. The first-order valence-electron chi connectivity index (χ1n) is 8.59. The molecule has 0 radical (unpaired) electrons. The average Bonchev–Trinajstić information content (AvgIpc) is 3.24. The van der Waals surface area contributed by atoms with Gasteiger partial charge in [-0.25, -0.2) is 4.98 Å². The molecule has 0 unspecified atom stereocenters. The Labute approximate surface area is 167 Å². The molecule has 2 heterocycles. The molecule has 2 aromatic carbocycles. The number of carbonyl (C=O) groups excluding carboxylic acids is 3. The van der Waals surface area contributed by atoms with E-state index in [1.165, 1.54) is 29.5 Å². The highest BCUT2D eigenvalue weighted by Gasteiger charge is 2.40. The number of nitrogens with zero attached hydrogens (tertiary/aromatic N) is 3. The van der Waals surface area contributed by atoms with E-state index >= 15 is 0 Å². The number of esters is 1. The summed E-state index contributed by atoms with van der Waals surface area (Å²) in [4.78, 5) is 52.5. The monoisotopic (exact) mass is 411 g/mol. The van der Waals surface area contributed by atoms with Crippen LogP contribution in [-0.2, 0) is 16.1 Å². The van der Waals surface area contributed by atoms with Crippen LogP contribution in [0.5, 0.6) is 0 Å². The molecular formula is C19H13N3O6S. The van der Waals surface area contributed by atoms with E-state index in [2.05, 4.69) is 4.98 Å². The minimum Gasteiger partial charge on any atom is -0.458 e. The van der Waals surface area contributed by atoms with Gasteiger partial charge in [0.25, 0.3) is 17.5 Å². The number of benzene rings is 2. The number of ether oxygens (including phenoxy) is 1. The number of para-hydroxylation sites is 1. The van der Waals surface area contributed by atoms with E-state index in [1.807, 2.05) is 24.3 Å². The molecule has 0 spiro atoms. The number of aromatic nitrogens is 1. The fourth-order valence-electron chi connectivity index (χ4n) is 3.07. The van der Waals surface area contributed by atoms with Crippen molar-refractivity contribution in [3.05, 3.63) is 68.7 Å². The van der Waals surface area contributed by atoms with Gasteiger partial charge in [-0.3, -0.25) is 29.4 Å². The molecule has 1 aliphatic rings. The van der Waals surface area contributed by atoms with Gasteiger partial charge in [-0.05, 0) is 18.2 Å². The van der Waals surface area contributed by atoms with E-state index in [0.717, 1.165) is 15.1 Å². The molecular weight excluding hydrogens is 398 g/mol. The molecule has 3 aromatic rings. The van der Waals surface area contributed by atoms with Crippen LogP contribution in [0.25, 0.3) is 10.2 Å². The smallest absolute Gasteiger partial charge is 0.308 e. The van der Waals surface area contributed by atoms with Crippen LogP contribution in [0, 0.1) is 10.1 Å². The third kappa shape index (κ3) is 3.45. The van der Waals surface area contributed by atoms with Gasteiger partial charge in [-0.1, -0.05) is 18.2 Å². The Hall–Kier alpha value is -3.66. The summed E-state index contributed by atoms with van der Waals surface area (Å²) >= 11 is 1.41. The normalized spacial score (nSPS) is 13.0. The predicted octanol–water partition coefficient (Wildman–Crippen LogP) is 2.93. The molecule has 9 nitrogen and oxygen atoms in total. The maximum absolute atomic E-state index is 12.5. The van der Waals surface area contributed by atoms with E-state index in [9.17, 15) is 24.5 Å². The zero-order chi connectivity index (χ0) is 20.5. The standard InChI is InChI=1S/C19H13N3O6S/c23-16(28-10-15-20-12-5-1-2-7-14(12)29-15)8-9-21-18(24)11-4-3-6-13(22(26)27)17(11)19(21)25/h1-7H,8-10H2. The number of imide groups is 1. The van der Waals surface area contributed by atoms with Crippen LogP contribution in [0.4, 0.5) is 5.69 Å². The van der Waals surface area contributed by atoms with Gasteiger partial charge < -0.3 is 4.74 Å². The van der Waals surface area contributed by atoms with Gasteiger partial charge in [0, 0.05) is 12.6 Å². The summed E-state index contributed by atoms with van der Waals surface area (Å²) in [6, 6.07) is 11.4. The lowest BCUT2D eigenvalue weighted by atomic mass is 10.1. The number of nitro groups is 1. The van der Waals surface area contributed by atoms with Gasteiger partial charge in [0.2, 0.25) is 0 Å². The Balaban J connectivity index is 1.38. The maximum atomic E-state index is 12.5. The lowest BCUT2D eigenvalue weighted by Gasteiger charge is -2.12. The van der Waals surface area contributed by atoms with Crippen LogP contribution in [0.15, 0.2) is 42.5 Å². The lowest BCUT2D eigenvalue weighted by molar-refractivity contribution is -0.385. The molecule has 0 saturated carbocycles. The maximum Gasteiger partial charge on any atom is 0.308 e. The van der Waals surface area contributed by atoms with Crippen LogP contribution in [0.3, 0.4) is 0 Å². The average molecular weight is 411 g/mol. The molecule has 4 rings (SSSR count). The summed E-state index contributed by atoms with van der Waals surface area (Å²) in [6.45, 7) is -0.228. The van der Waals surface area contributed by atoms with Crippen molar-refractivity contribution in [2.24, 2.45) is 0 Å². The Morgan fingerprint density at radius 3 is 2.69 bits per heavy atom. The molecule has 10 heteroatoms. The number of hydrogen-bond acceptors (Lipinski definition) is 8. The quantitative estimate of drug-likeness (QED) is 0.265. The Kier molecular flexibility index (Phi) is 4.77. The second-order valence-corrected chi connectivity index (χ2v) is 7.32. The summed E-state index contributed by atoms with van der Waals surface area (Å²) in [5.74, 6) is -2.04. The minimum atomic E-state index is -0.781. The number of hydrogen-bond donors (Lipinski definition) is 0. The molecule has 0 bridgehead atoms. The molecule has 0 aliphatic carbocycles. The zero-order valence-corrected chi connectivity index (χ0v) is 15.7. The Bertz CT molecular complexity index is 1140. The van der Waals surface area contributed by atoms with Crippen LogP contribution in [0.2, 0.25) is 0 Å². The van der Waals surface area contributed by atoms with Crippen molar-refractivity contribution in [2.75, 3.05) is 6.54 Å². The van der Waals surface area contributed by atoms with Crippen molar-refractivity contribution >= 4 is 45.0 Å². The molecule has 0 saturated heterocycles. The Morgan fingerprint density at radius 2 is 1.93 bits per heavy atom. The first kappa shape index (κ1) is 18.7. The van der Waals surface area contributed by atoms with E-state index in [0.29, 0.717) is 5.01 Å². The first-order valence-corrected chi connectivity index (χ1v) is 9.41.